The van der Waals surface area contributed by atoms with E-state index in [-0.39, 0.29) is 18.6 Å². The zero-order chi connectivity index (χ0) is 17.8. The molecular weight excluding hydrogens is 318 g/mol. The van der Waals surface area contributed by atoms with Crippen LogP contribution in [-0.2, 0) is 29.4 Å². The quantitative estimate of drug-likeness (QED) is 0.847. The number of carbonyl (C=O) groups excluding carboxylic acids is 2. The van der Waals surface area contributed by atoms with Crippen LogP contribution >= 0.6 is 0 Å². The van der Waals surface area contributed by atoms with Crippen molar-refractivity contribution in [3.63, 3.8) is 0 Å². The minimum absolute atomic E-state index is 0.0132. The van der Waals surface area contributed by atoms with Crippen LogP contribution in [0.2, 0.25) is 0 Å². The van der Waals surface area contributed by atoms with Crippen molar-refractivity contribution in [2.45, 2.75) is 38.6 Å². The summed E-state index contributed by atoms with van der Waals surface area (Å²) in [6, 6.07) is 8.14. The molecule has 0 radical (unpaired) electrons. The second kappa shape index (κ2) is 7.51. The number of ether oxygens (including phenoxy) is 1. The number of esters is 1. The van der Waals surface area contributed by atoms with Crippen molar-refractivity contribution in [1.29, 1.82) is 0 Å². The highest BCUT2D eigenvalue weighted by Gasteiger charge is 2.22. The van der Waals surface area contributed by atoms with Gasteiger partial charge < -0.3 is 10.1 Å². The van der Waals surface area contributed by atoms with E-state index >= 15 is 0 Å². The van der Waals surface area contributed by atoms with E-state index in [0.717, 1.165) is 24.8 Å². The molecule has 1 N–H and O–H groups in total. The van der Waals surface area contributed by atoms with E-state index in [1.165, 1.54) is 5.56 Å². The number of amides is 1. The number of aromatic nitrogens is 2. The largest absolute Gasteiger partial charge is 0.452 e. The van der Waals surface area contributed by atoms with Crippen molar-refractivity contribution < 1.29 is 14.3 Å². The van der Waals surface area contributed by atoms with Gasteiger partial charge in [0.2, 0.25) is 0 Å². The van der Waals surface area contributed by atoms with Crippen LogP contribution in [0.4, 0.5) is 0 Å². The molecule has 1 atom stereocenters. The zero-order valence-electron chi connectivity index (χ0n) is 14.6. The van der Waals surface area contributed by atoms with Crippen molar-refractivity contribution in [3.05, 3.63) is 52.8 Å². The van der Waals surface area contributed by atoms with Gasteiger partial charge in [-0.15, -0.1) is 0 Å². The molecule has 25 heavy (non-hydrogen) atoms. The van der Waals surface area contributed by atoms with Gasteiger partial charge in [-0.25, -0.2) is 4.79 Å². The Hall–Kier alpha value is -2.63. The molecule has 0 aliphatic heterocycles. The Labute approximate surface area is 147 Å². The molecule has 6 nitrogen and oxygen atoms in total. The number of rotatable bonds is 5. The van der Waals surface area contributed by atoms with Crippen LogP contribution in [-0.4, -0.2) is 28.3 Å². The predicted octanol–water partition coefficient (Wildman–Crippen LogP) is 2.33. The monoisotopic (exact) mass is 341 g/mol. The molecule has 0 bridgehead atoms. The number of hydrogen-bond donors (Lipinski definition) is 1. The lowest BCUT2D eigenvalue weighted by Gasteiger charge is -2.26. The molecule has 1 heterocycles. The smallest absolute Gasteiger partial charge is 0.342 e. The Morgan fingerprint density at radius 1 is 1.36 bits per heavy atom. The topological polar surface area (TPSA) is 73.2 Å². The molecule has 1 aliphatic rings. The summed E-state index contributed by atoms with van der Waals surface area (Å²) >= 11 is 0. The van der Waals surface area contributed by atoms with E-state index in [9.17, 15) is 9.59 Å². The predicted molar refractivity (Wildman–Crippen MR) is 93.1 cm³/mol. The molecule has 6 heteroatoms. The minimum atomic E-state index is -0.510. The summed E-state index contributed by atoms with van der Waals surface area (Å²) in [5.74, 6) is -0.791. The Bertz CT molecular complexity index is 782. The van der Waals surface area contributed by atoms with Gasteiger partial charge in [-0.1, -0.05) is 31.2 Å². The summed E-state index contributed by atoms with van der Waals surface area (Å²) in [5.41, 5.74) is 3.53. The van der Waals surface area contributed by atoms with Gasteiger partial charge in [0.05, 0.1) is 11.7 Å². The summed E-state index contributed by atoms with van der Waals surface area (Å²) < 4.78 is 6.75. The lowest BCUT2D eigenvalue weighted by atomic mass is 9.88. The third kappa shape index (κ3) is 3.90. The van der Waals surface area contributed by atoms with E-state index in [2.05, 4.69) is 22.5 Å². The fourth-order valence-electron chi connectivity index (χ4n) is 3.31. The molecule has 2 aromatic rings. The lowest BCUT2D eigenvalue weighted by molar-refractivity contribution is -0.125. The van der Waals surface area contributed by atoms with Crippen molar-refractivity contribution >= 4 is 11.9 Å². The maximum absolute atomic E-state index is 12.2. The highest BCUT2D eigenvalue weighted by Crippen LogP contribution is 2.29. The fraction of sp³-hybridized carbons (Fsp3) is 0.421. The van der Waals surface area contributed by atoms with E-state index < -0.39 is 5.97 Å². The second-order valence-corrected chi connectivity index (χ2v) is 6.30. The number of nitrogens with zero attached hydrogens (tertiary/aromatic N) is 2. The molecule has 1 amide bonds. The Morgan fingerprint density at radius 2 is 2.16 bits per heavy atom. The first-order valence-electron chi connectivity index (χ1n) is 8.65. The fourth-order valence-corrected chi connectivity index (χ4v) is 3.31. The molecule has 0 saturated carbocycles. The molecule has 1 aromatic carbocycles. The Kier molecular flexibility index (Phi) is 5.16. The Balaban J connectivity index is 1.58. The van der Waals surface area contributed by atoms with Gasteiger partial charge in [0.1, 0.15) is 5.56 Å². The molecule has 0 saturated heterocycles. The molecule has 132 valence electrons. The van der Waals surface area contributed by atoms with Crippen LogP contribution in [0, 0.1) is 0 Å². The van der Waals surface area contributed by atoms with Crippen LogP contribution in [0.25, 0.3) is 0 Å². The standard InChI is InChI=1S/C19H23N3O3/c1-3-16-15(11-22(2)21-16)19(24)25-12-18(23)20-17-10-6-8-13-7-4-5-9-14(13)17/h4-5,7,9,11,17H,3,6,8,10,12H2,1-2H3,(H,20,23). The van der Waals surface area contributed by atoms with Crippen LogP contribution in [0.15, 0.2) is 30.5 Å². The van der Waals surface area contributed by atoms with Crippen molar-refractivity contribution in [2.75, 3.05) is 6.61 Å². The normalized spacial score (nSPS) is 16.2. The number of benzene rings is 1. The minimum Gasteiger partial charge on any atom is -0.452 e. The first kappa shape index (κ1) is 17.2. The van der Waals surface area contributed by atoms with Crippen molar-refractivity contribution in [2.24, 2.45) is 7.05 Å². The number of carbonyl (C=O) groups is 2. The third-order valence-electron chi connectivity index (χ3n) is 4.50. The zero-order valence-corrected chi connectivity index (χ0v) is 14.6. The van der Waals surface area contributed by atoms with Crippen molar-refractivity contribution in [1.82, 2.24) is 15.1 Å². The van der Waals surface area contributed by atoms with Crippen LogP contribution in [0.5, 0.6) is 0 Å². The molecule has 1 unspecified atom stereocenters. The van der Waals surface area contributed by atoms with Gasteiger partial charge >= 0.3 is 5.97 Å². The van der Waals surface area contributed by atoms with E-state index in [1.54, 1.807) is 17.9 Å². The van der Waals surface area contributed by atoms with E-state index in [1.807, 2.05) is 19.1 Å². The van der Waals surface area contributed by atoms with Gasteiger partial charge in [-0.3, -0.25) is 9.48 Å². The van der Waals surface area contributed by atoms with Gasteiger partial charge in [0.15, 0.2) is 6.61 Å². The van der Waals surface area contributed by atoms with Gasteiger partial charge in [0, 0.05) is 13.2 Å². The molecule has 1 aromatic heterocycles. The average Bonchev–Trinajstić information content (AvgIpc) is 3.01. The number of aryl methyl sites for hydroxylation is 3. The number of fused-ring (bicyclic) bond motifs is 1. The Morgan fingerprint density at radius 3 is 2.96 bits per heavy atom. The van der Waals surface area contributed by atoms with Crippen molar-refractivity contribution in [3.8, 4) is 0 Å². The molecule has 3 rings (SSSR count). The van der Waals surface area contributed by atoms with Crippen LogP contribution in [0.3, 0.4) is 0 Å². The summed E-state index contributed by atoms with van der Waals surface area (Å²) in [6.45, 7) is 1.64. The highest BCUT2D eigenvalue weighted by molar-refractivity contribution is 5.92. The molecular formula is C19H23N3O3. The van der Waals surface area contributed by atoms with Gasteiger partial charge in [0.25, 0.3) is 5.91 Å². The first-order valence-corrected chi connectivity index (χ1v) is 8.65. The third-order valence-corrected chi connectivity index (χ3v) is 4.50. The van der Waals surface area contributed by atoms with Crippen LogP contribution in [0.1, 0.15) is 53.0 Å². The summed E-state index contributed by atoms with van der Waals surface area (Å²) in [4.78, 5) is 24.4. The lowest BCUT2D eigenvalue weighted by Crippen LogP contribution is -2.34. The highest BCUT2D eigenvalue weighted by atomic mass is 16.5. The van der Waals surface area contributed by atoms with E-state index in [4.69, 9.17) is 4.74 Å². The van der Waals surface area contributed by atoms with E-state index in [0.29, 0.717) is 17.7 Å². The first-order chi connectivity index (χ1) is 12.1. The van der Waals surface area contributed by atoms with Gasteiger partial charge in [-0.05, 0) is 36.8 Å². The maximum Gasteiger partial charge on any atom is 0.342 e. The maximum atomic E-state index is 12.2. The SMILES string of the molecule is CCc1nn(C)cc1C(=O)OCC(=O)NC1CCCc2ccccc21. The summed E-state index contributed by atoms with van der Waals surface area (Å²) in [6.07, 6.45) is 5.24. The molecule has 0 spiro atoms. The molecule has 1 aliphatic carbocycles. The summed E-state index contributed by atoms with van der Waals surface area (Å²) in [7, 11) is 1.75. The van der Waals surface area contributed by atoms with Gasteiger partial charge in [-0.2, -0.15) is 5.10 Å². The second-order valence-electron chi connectivity index (χ2n) is 6.30. The van der Waals surface area contributed by atoms with Crippen LogP contribution < -0.4 is 5.32 Å². The number of nitrogens with one attached hydrogen (secondary N) is 1. The molecule has 0 fully saturated rings. The summed E-state index contributed by atoms with van der Waals surface area (Å²) in [5, 5.41) is 7.19. The number of hydrogen-bond acceptors (Lipinski definition) is 4. The average molecular weight is 341 g/mol.